The molecule has 2 atom stereocenters. The fourth-order valence-corrected chi connectivity index (χ4v) is 3.67. The van der Waals surface area contributed by atoms with Gasteiger partial charge in [0, 0.05) is 36.9 Å². The van der Waals surface area contributed by atoms with Crippen LogP contribution in [0.2, 0.25) is 0 Å². The molecule has 1 aromatic heterocycles. The zero-order valence-electron chi connectivity index (χ0n) is 17.7. The third-order valence-electron chi connectivity index (χ3n) is 5.33. The standard InChI is InChI=1S/C20H21F3N6O4/c1-11-10-28(19(31)26-13-3-5-16(18(24)30)25-8-13)12(2)9-27(11)14-4-6-17(29(32)33)15(7-14)20(21,22)23/h3-8,11-12H,9-10H2,1-2H3,(H2,24,30)(H,26,31)/t11-,12+/m0/s1. The second-order valence-corrected chi connectivity index (χ2v) is 7.69. The molecular weight excluding hydrogens is 445 g/mol. The van der Waals surface area contributed by atoms with E-state index < -0.39 is 34.3 Å². The van der Waals surface area contributed by atoms with E-state index in [2.05, 4.69) is 10.3 Å². The van der Waals surface area contributed by atoms with Crippen molar-refractivity contribution in [3.63, 3.8) is 0 Å². The number of alkyl halides is 3. The molecule has 0 unspecified atom stereocenters. The van der Waals surface area contributed by atoms with Gasteiger partial charge in [-0.1, -0.05) is 0 Å². The number of carbonyl (C=O) groups excluding carboxylic acids is 2. The summed E-state index contributed by atoms with van der Waals surface area (Å²) in [6, 6.07) is 4.54. The average molecular weight is 466 g/mol. The molecule has 3 amide bonds. The highest BCUT2D eigenvalue weighted by Crippen LogP contribution is 2.39. The topological polar surface area (TPSA) is 135 Å². The summed E-state index contributed by atoms with van der Waals surface area (Å²) < 4.78 is 40.1. The molecule has 1 aliphatic heterocycles. The molecule has 1 aromatic carbocycles. The molecule has 0 saturated carbocycles. The zero-order chi connectivity index (χ0) is 24.5. The number of rotatable bonds is 4. The predicted molar refractivity (Wildman–Crippen MR) is 113 cm³/mol. The molecule has 3 rings (SSSR count). The number of benzene rings is 1. The van der Waals surface area contributed by atoms with Gasteiger partial charge in [0.05, 0.1) is 16.8 Å². The highest BCUT2D eigenvalue weighted by Gasteiger charge is 2.40. The number of anilines is 2. The fraction of sp³-hybridized carbons (Fsp3) is 0.350. The monoisotopic (exact) mass is 466 g/mol. The number of pyridine rings is 1. The minimum absolute atomic E-state index is 0.0462. The van der Waals surface area contributed by atoms with Crippen LogP contribution in [0.5, 0.6) is 0 Å². The van der Waals surface area contributed by atoms with Crippen molar-refractivity contribution in [3.8, 4) is 0 Å². The van der Waals surface area contributed by atoms with Crippen molar-refractivity contribution >= 4 is 29.0 Å². The van der Waals surface area contributed by atoms with Crippen LogP contribution < -0.4 is 16.0 Å². The van der Waals surface area contributed by atoms with Gasteiger partial charge in [0.15, 0.2) is 0 Å². The Hall–Kier alpha value is -3.90. The van der Waals surface area contributed by atoms with Crippen LogP contribution in [0, 0.1) is 10.1 Å². The third kappa shape index (κ3) is 5.13. The van der Waals surface area contributed by atoms with Crippen LogP contribution in [0.3, 0.4) is 0 Å². The van der Waals surface area contributed by atoms with Crippen LogP contribution in [0.4, 0.5) is 35.0 Å². The van der Waals surface area contributed by atoms with Crippen LogP contribution in [-0.2, 0) is 6.18 Å². The van der Waals surface area contributed by atoms with Crippen molar-refractivity contribution in [1.82, 2.24) is 9.88 Å². The second-order valence-electron chi connectivity index (χ2n) is 7.69. The first-order valence-corrected chi connectivity index (χ1v) is 9.84. The van der Waals surface area contributed by atoms with Gasteiger partial charge >= 0.3 is 12.2 Å². The number of nitro groups is 1. The fourth-order valence-electron chi connectivity index (χ4n) is 3.67. The van der Waals surface area contributed by atoms with Crippen molar-refractivity contribution in [2.75, 3.05) is 23.3 Å². The van der Waals surface area contributed by atoms with Crippen LogP contribution in [0.25, 0.3) is 0 Å². The lowest BCUT2D eigenvalue weighted by atomic mass is 10.1. The molecule has 2 heterocycles. The van der Waals surface area contributed by atoms with Crippen molar-refractivity contribution in [3.05, 3.63) is 57.9 Å². The Bertz CT molecular complexity index is 1080. The summed E-state index contributed by atoms with van der Waals surface area (Å²) in [5, 5.41) is 13.7. The van der Waals surface area contributed by atoms with Gasteiger partial charge in [0.2, 0.25) is 0 Å². The normalized spacial score (nSPS) is 18.7. The van der Waals surface area contributed by atoms with Gasteiger partial charge in [-0.25, -0.2) is 9.78 Å². The maximum Gasteiger partial charge on any atom is 0.423 e. The minimum atomic E-state index is -4.88. The second kappa shape index (κ2) is 8.92. The van der Waals surface area contributed by atoms with Crippen molar-refractivity contribution in [2.24, 2.45) is 5.73 Å². The van der Waals surface area contributed by atoms with E-state index in [-0.39, 0.29) is 36.6 Å². The molecule has 0 bridgehead atoms. The first-order valence-electron chi connectivity index (χ1n) is 9.84. The van der Waals surface area contributed by atoms with E-state index in [9.17, 15) is 32.9 Å². The van der Waals surface area contributed by atoms with E-state index in [0.717, 1.165) is 12.1 Å². The molecule has 0 spiro atoms. The van der Waals surface area contributed by atoms with Crippen LogP contribution in [-0.4, -0.2) is 51.9 Å². The number of nitrogens with one attached hydrogen (secondary N) is 1. The lowest BCUT2D eigenvalue weighted by molar-refractivity contribution is -0.388. The quantitative estimate of drug-likeness (QED) is 0.525. The van der Waals surface area contributed by atoms with Gasteiger partial charge in [-0.3, -0.25) is 14.9 Å². The van der Waals surface area contributed by atoms with E-state index in [1.54, 1.807) is 18.7 Å². The summed E-state index contributed by atoms with van der Waals surface area (Å²) in [5.41, 5.74) is 3.37. The Kier molecular flexibility index (Phi) is 6.42. The molecule has 13 heteroatoms. The predicted octanol–water partition coefficient (Wildman–Crippen LogP) is 3.24. The zero-order valence-corrected chi connectivity index (χ0v) is 17.7. The van der Waals surface area contributed by atoms with E-state index in [4.69, 9.17) is 5.73 Å². The average Bonchev–Trinajstić information content (AvgIpc) is 2.74. The lowest BCUT2D eigenvalue weighted by Crippen LogP contribution is -2.59. The van der Waals surface area contributed by atoms with Crippen LogP contribution >= 0.6 is 0 Å². The molecule has 0 radical (unpaired) electrons. The first kappa shape index (κ1) is 23.8. The number of hydrogen-bond donors (Lipinski definition) is 2. The number of hydrogen-bond acceptors (Lipinski definition) is 6. The number of nitrogens with two attached hydrogens (primary N) is 1. The summed E-state index contributed by atoms with van der Waals surface area (Å²) in [6.07, 6.45) is -3.59. The Morgan fingerprint density at radius 3 is 2.42 bits per heavy atom. The van der Waals surface area contributed by atoms with Gasteiger partial charge in [-0.2, -0.15) is 13.2 Å². The number of amides is 3. The number of aromatic nitrogens is 1. The molecule has 1 saturated heterocycles. The highest BCUT2D eigenvalue weighted by atomic mass is 19.4. The van der Waals surface area contributed by atoms with Gasteiger partial charge in [-0.15, -0.1) is 0 Å². The maximum absolute atomic E-state index is 13.4. The van der Waals surface area contributed by atoms with Crippen LogP contribution in [0.1, 0.15) is 29.9 Å². The molecule has 10 nitrogen and oxygen atoms in total. The molecule has 3 N–H and O–H groups in total. The number of carbonyl (C=O) groups is 2. The van der Waals surface area contributed by atoms with Gasteiger partial charge in [-0.05, 0) is 38.1 Å². The van der Waals surface area contributed by atoms with Gasteiger partial charge in [0.25, 0.3) is 11.6 Å². The van der Waals surface area contributed by atoms with E-state index in [1.807, 2.05) is 0 Å². The van der Waals surface area contributed by atoms with Crippen molar-refractivity contribution in [2.45, 2.75) is 32.1 Å². The van der Waals surface area contributed by atoms with Gasteiger partial charge in [0.1, 0.15) is 11.3 Å². The smallest absolute Gasteiger partial charge is 0.365 e. The molecule has 1 aliphatic rings. The SMILES string of the molecule is C[C@@H]1CN(c2ccc([N+](=O)[O-])c(C(F)(F)F)c2)[C@@H](C)CN1C(=O)Nc1ccc(C(N)=O)nc1. The number of nitrogens with zero attached hydrogens (tertiary/aromatic N) is 4. The maximum atomic E-state index is 13.4. The minimum Gasteiger partial charge on any atom is -0.365 e. The Morgan fingerprint density at radius 1 is 1.18 bits per heavy atom. The van der Waals surface area contributed by atoms with Gasteiger partial charge < -0.3 is 20.9 Å². The van der Waals surface area contributed by atoms with E-state index in [1.165, 1.54) is 29.3 Å². The summed E-state index contributed by atoms with van der Waals surface area (Å²) in [5.74, 6) is -0.702. The molecule has 0 aliphatic carbocycles. The van der Waals surface area contributed by atoms with E-state index in [0.29, 0.717) is 5.69 Å². The number of urea groups is 1. The largest absolute Gasteiger partial charge is 0.423 e. The lowest BCUT2D eigenvalue weighted by Gasteiger charge is -2.45. The highest BCUT2D eigenvalue weighted by molar-refractivity contribution is 5.92. The summed E-state index contributed by atoms with van der Waals surface area (Å²) in [6.45, 7) is 3.88. The summed E-state index contributed by atoms with van der Waals surface area (Å²) >= 11 is 0. The number of piperazine rings is 1. The molecule has 1 fully saturated rings. The van der Waals surface area contributed by atoms with Crippen LogP contribution in [0.15, 0.2) is 36.5 Å². The Labute approximate surface area is 186 Å². The summed E-state index contributed by atoms with van der Waals surface area (Å²) in [7, 11) is 0. The molecule has 176 valence electrons. The van der Waals surface area contributed by atoms with Crippen molar-refractivity contribution in [1.29, 1.82) is 0 Å². The molecule has 2 aromatic rings. The first-order chi connectivity index (χ1) is 15.4. The van der Waals surface area contributed by atoms with Crippen molar-refractivity contribution < 1.29 is 27.7 Å². The number of nitro benzene ring substituents is 1. The molecular formula is C20H21F3N6O4. The number of halogens is 3. The Balaban J connectivity index is 1.76. The number of primary amides is 1. The third-order valence-corrected chi connectivity index (χ3v) is 5.33. The summed E-state index contributed by atoms with van der Waals surface area (Å²) in [4.78, 5) is 40.8. The van der Waals surface area contributed by atoms with E-state index >= 15 is 0 Å². The molecule has 33 heavy (non-hydrogen) atoms. The Morgan fingerprint density at radius 2 is 1.88 bits per heavy atom.